The van der Waals surface area contributed by atoms with E-state index >= 15 is 0 Å². The van der Waals surface area contributed by atoms with Crippen molar-refractivity contribution in [3.63, 3.8) is 0 Å². The number of nitrogens with zero attached hydrogens (tertiary/aromatic N) is 2. The summed E-state index contributed by atoms with van der Waals surface area (Å²) in [7, 11) is 0. The fraction of sp³-hybridized carbons (Fsp3) is 0.500. The van der Waals surface area contributed by atoms with Crippen LogP contribution in [-0.4, -0.2) is 27.2 Å². The van der Waals surface area contributed by atoms with Gasteiger partial charge in [0.2, 0.25) is 5.91 Å². The molecule has 6 heteroatoms. The summed E-state index contributed by atoms with van der Waals surface area (Å²) < 4.78 is 0. The standard InChI is InChI=1S/C10H16N4OS/c1-10(2,3)14-7(15)6-16-9-8(11)12-4-5-13-9/h4-5H,6H2,1-3H3,(H2,11,12)(H,14,15). The van der Waals surface area contributed by atoms with E-state index < -0.39 is 0 Å². The maximum absolute atomic E-state index is 11.5. The summed E-state index contributed by atoms with van der Waals surface area (Å²) in [6.45, 7) is 5.81. The van der Waals surface area contributed by atoms with Crippen LogP contribution in [-0.2, 0) is 4.79 Å². The highest BCUT2D eigenvalue weighted by atomic mass is 32.2. The zero-order valence-electron chi connectivity index (χ0n) is 9.65. The van der Waals surface area contributed by atoms with Gasteiger partial charge in [0.1, 0.15) is 5.03 Å². The molecule has 0 atom stereocenters. The molecule has 0 bridgehead atoms. The van der Waals surface area contributed by atoms with E-state index in [0.29, 0.717) is 16.6 Å². The molecule has 5 nitrogen and oxygen atoms in total. The van der Waals surface area contributed by atoms with E-state index in [0.717, 1.165) is 0 Å². The third kappa shape index (κ3) is 4.48. The molecule has 0 aromatic carbocycles. The van der Waals surface area contributed by atoms with Crippen LogP contribution in [0.15, 0.2) is 17.4 Å². The van der Waals surface area contributed by atoms with Gasteiger partial charge >= 0.3 is 0 Å². The molecule has 0 fully saturated rings. The second-order valence-electron chi connectivity index (χ2n) is 4.33. The van der Waals surface area contributed by atoms with Crippen molar-refractivity contribution in [3.05, 3.63) is 12.4 Å². The molecule has 0 aliphatic heterocycles. The largest absolute Gasteiger partial charge is 0.381 e. The highest BCUT2D eigenvalue weighted by molar-refractivity contribution is 8.00. The van der Waals surface area contributed by atoms with Gasteiger partial charge in [-0.25, -0.2) is 9.97 Å². The number of amides is 1. The van der Waals surface area contributed by atoms with E-state index in [-0.39, 0.29) is 11.4 Å². The van der Waals surface area contributed by atoms with Crippen LogP contribution in [0, 0.1) is 0 Å². The molecule has 0 saturated heterocycles. The SMILES string of the molecule is CC(C)(C)NC(=O)CSc1nccnc1N. The molecule has 1 aromatic heterocycles. The van der Waals surface area contributed by atoms with E-state index in [4.69, 9.17) is 5.73 Å². The molecular formula is C10H16N4OS. The van der Waals surface area contributed by atoms with Gasteiger partial charge in [0, 0.05) is 17.9 Å². The van der Waals surface area contributed by atoms with Crippen LogP contribution >= 0.6 is 11.8 Å². The predicted octanol–water partition coefficient (Wildman–Crippen LogP) is 1.07. The van der Waals surface area contributed by atoms with Crippen molar-refractivity contribution in [1.29, 1.82) is 0 Å². The van der Waals surface area contributed by atoms with Crippen molar-refractivity contribution in [2.45, 2.75) is 31.3 Å². The first-order valence-electron chi connectivity index (χ1n) is 4.89. The molecule has 88 valence electrons. The molecule has 1 rings (SSSR count). The summed E-state index contributed by atoms with van der Waals surface area (Å²) in [6.07, 6.45) is 3.08. The number of nitrogen functional groups attached to an aromatic ring is 1. The second-order valence-corrected chi connectivity index (χ2v) is 5.30. The lowest BCUT2D eigenvalue weighted by Gasteiger charge is -2.20. The van der Waals surface area contributed by atoms with Gasteiger partial charge in [0.15, 0.2) is 5.82 Å². The third-order valence-corrected chi connectivity index (χ3v) is 2.54. The molecule has 0 aliphatic carbocycles. The van der Waals surface area contributed by atoms with Crippen molar-refractivity contribution >= 4 is 23.5 Å². The van der Waals surface area contributed by atoms with Crippen molar-refractivity contribution in [2.75, 3.05) is 11.5 Å². The number of hydrogen-bond donors (Lipinski definition) is 2. The van der Waals surface area contributed by atoms with Crippen molar-refractivity contribution in [3.8, 4) is 0 Å². The summed E-state index contributed by atoms with van der Waals surface area (Å²) >= 11 is 1.29. The molecule has 16 heavy (non-hydrogen) atoms. The number of carbonyl (C=O) groups is 1. The van der Waals surface area contributed by atoms with Crippen LogP contribution in [0.1, 0.15) is 20.8 Å². The molecule has 1 aromatic rings. The Kier molecular flexibility index (Phi) is 4.12. The normalized spacial score (nSPS) is 11.2. The van der Waals surface area contributed by atoms with Gasteiger partial charge in [-0.1, -0.05) is 11.8 Å². The minimum Gasteiger partial charge on any atom is -0.381 e. The summed E-state index contributed by atoms with van der Waals surface area (Å²) in [5.74, 6) is 0.610. The predicted molar refractivity (Wildman–Crippen MR) is 65.1 cm³/mol. The van der Waals surface area contributed by atoms with Crippen molar-refractivity contribution < 1.29 is 4.79 Å². The lowest BCUT2D eigenvalue weighted by atomic mass is 10.1. The van der Waals surface area contributed by atoms with Gasteiger partial charge in [-0.3, -0.25) is 4.79 Å². The zero-order chi connectivity index (χ0) is 12.2. The van der Waals surface area contributed by atoms with Gasteiger partial charge < -0.3 is 11.1 Å². The number of nitrogens with one attached hydrogen (secondary N) is 1. The summed E-state index contributed by atoms with van der Waals surface area (Å²) in [5.41, 5.74) is 5.39. The van der Waals surface area contributed by atoms with E-state index in [1.807, 2.05) is 20.8 Å². The van der Waals surface area contributed by atoms with Crippen LogP contribution in [0.4, 0.5) is 5.82 Å². The van der Waals surface area contributed by atoms with E-state index in [1.54, 1.807) is 6.20 Å². The molecule has 0 saturated carbocycles. The fourth-order valence-electron chi connectivity index (χ4n) is 1.04. The average Bonchev–Trinajstić information content (AvgIpc) is 2.14. The molecule has 0 aliphatic rings. The van der Waals surface area contributed by atoms with E-state index in [1.165, 1.54) is 18.0 Å². The second kappa shape index (κ2) is 5.16. The van der Waals surface area contributed by atoms with Crippen LogP contribution in [0.3, 0.4) is 0 Å². The van der Waals surface area contributed by atoms with E-state index in [2.05, 4.69) is 15.3 Å². The summed E-state index contributed by atoms with van der Waals surface area (Å²) in [5, 5.41) is 3.45. The topological polar surface area (TPSA) is 80.9 Å². The first kappa shape index (κ1) is 12.8. The van der Waals surface area contributed by atoms with E-state index in [9.17, 15) is 4.79 Å². The maximum Gasteiger partial charge on any atom is 0.230 e. The minimum absolute atomic E-state index is 0.0393. The Morgan fingerprint density at radius 2 is 2.06 bits per heavy atom. The number of anilines is 1. The van der Waals surface area contributed by atoms with Gasteiger partial charge in [0.25, 0.3) is 0 Å². The number of aromatic nitrogens is 2. The first-order chi connectivity index (χ1) is 7.38. The zero-order valence-corrected chi connectivity index (χ0v) is 10.5. The van der Waals surface area contributed by atoms with Gasteiger partial charge in [0.05, 0.1) is 5.75 Å². The van der Waals surface area contributed by atoms with Crippen LogP contribution in [0.5, 0.6) is 0 Å². The Morgan fingerprint density at radius 3 is 2.62 bits per heavy atom. The first-order valence-corrected chi connectivity index (χ1v) is 5.87. The molecule has 1 heterocycles. The Balaban J connectivity index is 2.47. The Morgan fingerprint density at radius 1 is 1.44 bits per heavy atom. The molecule has 0 spiro atoms. The number of rotatable bonds is 3. The van der Waals surface area contributed by atoms with Crippen LogP contribution < -0.4 is 11.1 Å². The highest BCUT2D eigenvalue weighted by Crippen LogP contribution is 2.19. The lowest BCUT2D eigenvalue weighted by Crippen LogP contribution is -2.41. The number of hydrogen-bond acceptors (Lipinski definition) is 5. The monoisotopic (exact) mass is 240 g/mol. The quantitative estimate of drug-likeness (QED) is 0.772. The van der Waals surface area contributed by atoms with Gasteiger partial charge in [-0.2, -0.15) is 0 Å². The number of nitrogens with two attached hydrogens (primary N) is 1. The molecule has 3 N–H and O–H groups in total. The molecule has 0 radical (unpaired) electrons. The number of carbonyl (C=O) groups excluding carboxylic acids is 1. The molecule has 0 unspecified atom stereocenters. The average molecular weight is 240 g/mol. The Bertz CT molecular complexity index is 375. The Hall–Kier alpha value is -1.30. The lowest BCUT2D eigenvalue weighted by molar-refractivity contribution is -0.119. The van der Waals surface area contributed by atoms with Gasteiger partial charge in [-0.05, 0) is 20.8 Å². The fourth-order valence-corrected chi connectivity index (χ4v) is 1.71. The third-order valence-electron chi connectivity index (χ3n) is 1.55. The number of thioether (sulfide) groups is 1. The van der Waals surface area contributed by atoms with Crippen molar-refractivity contribution in [1.82, 2.24) is 15.3 Å². The molecular weight excluding hydrogens is 224 g/mol. The highest BCUT2D eigenvalue weighted by Gasteiger charge is 2.14. The molecule has 1 amide bonds. The smallest absolute Gasteiger partial charge is 0.230 e. The van der Waals surface area contributed by atoms with Crippen LogP contribution in [0.25, 0.3) is 0 Å². The summed E-state index contributed by atoms with van der Waals surface area (Å²) in [6, 6.07) is 0. The minimum atomic E-state index is -0.217. The van der Waals surface area contributed by atoms with Gasteiger partial charge in [-0.15, -0.1) is 0 Å². The van der Waals surface area contributed by atoms with Crippen molar-refractivity contribution in [2.24, 2.45) is 0 Å². The summed E-state index contributed by atoms with van der Waals surface area (Å²) in [4.78, 5) is 19.5. The maximum atomic E-state index is 11.5. The Labute approximate surface area is 99.2 Å². The van der Waals surface area contributed by atoms with Crippen LogP contribution in [0.2, 0.25) is 0 Å².